The van der Waals surface area contributed by atoms with Crippen molar-refractivity contribution in [1.82, 2.24) is 5.32 Å². The van der Waals surface area contributed by atoms with E-state index in [0.717, 1.165) is 12.0 Å². The second kappa shape index (κ2) is 6.96. The monoisotopic (exact) mass is 280 g/mol. The van der Waals surface area contributed by atoms with Crippen LogP contribution in [-0.4, -0.2) is 17.7 Å². The minimum Gasteiger partial charge on any atom is -0.348 e. The van der Waals surface area contributed by atoms with E-state index in [-0.39, 0.29) is 11.9 Å². The molecule has 0 bridgehead atoms. The Hall–Kier alpha value is -1.00. The highest BCUT2D eigenvalue weighted by atomic mass is 32.2. The van der Waals surface area contributed by atoms with Gasteiger partial charge in [0.1, 0.15) is 0 Å². The largest absolute Gasteiger partial charge is 0.348 e. The molecule has 0 aromatic heterocycles. The van der Waals surface area contributed by atoms with E-state index in [0.29, 0.717) is 6.42 Å². The van der Waals surface area contributed by atoms with Crippen molar-refractivity contribution in [2.45, 2.75) is 50.1 Å². The summed E-state index contributed by atoms with van der Waals surface area (Å²) in [5.41, 5.74) is 6.33. The first-order valence-electron chi connectivity index (χ1n) is 6.64. The van der Waals surface area contributed by atoms with Crippen LogP contribution in [0.2, 0.25) is 0 Å². The van der Waals surface area contributed by atoms with Crippen LogP contribution in [0.4, 0.5) is 0 Å². The van der Waals surface area contributed by atoms with Crippen LogP contribution in [0.25, 0.3) is 0 Å². The summed E-state index contributed by atoms with van der Waals surface area (Å²) < 4.78 is 0. The number of hydrogen-bond acceptors (Lipinski definition) is 3. The van der Waals surface area contributed by atoms with Gasteiger partial charge in [-0.15, -0.1) is 11.8 Å². The van der Waals surface area contributed by atoms with Gasteiger partial charge < -0.3 is 11.1 Å². The van der Waals surface area contributed by atoms with Gasteiger partial charge in [0.25, 0.3) is 0 Å². The molecule has 2 atom stereocenters. The van der Waals surface area contributed by atoms with Crippen LogP contribution in [0.1, 0.15) is 45.2 Å². The molecule has 0 saturated heterocycles. The first kappa shape index (κ1) is 16.1. The van der Waals surface area contributed by atoms with Crippen LogP contribution >= 0.6 is 11.8 Å². The Bertz CT molecular complexity index is 415. The van der Waals surface area contributed by atoms with Gasteiger partial charge in [-0.3, -0.25) is 4.79 Å². The Morgan fingerprint density at radius 2 is 2.00 bits per heavy atom. The summed E-state index contributed by atoms with van der Waals surface area (Å²) in [6.45, 7) is 5.80. The summed E-state index contributed by atoms with van der Waals surface area (Å²) in [5, 5.41) is 2.99. The van der Waals surface area contributed by atoms with E-state index >= 15 is 0 Å². The van der Waals surface area contributed by atoms with E-state index < -0.39 is 5.54 Å². The molecule has 2 unspecified atom stereocenters. The molecule has 1 amide bonds. The Morgan fingerprint density at radius 3 is 2.47 bits per heavy atom. The highest BCUT2D eigenvalue weighted by molar-refractivity contribution is 7.98. The Balaban J connectivity index is 2.68. The number of nitrogens with two attached hydrogens (primary N) is 1. The maximum Gasteiger partial charge on any atom is 0.240 e. The van der Waals surface area contributed by atoms with Gasteiger partial charge >= 0.3 is 0 Å². The fraction of sp³-hybridized carbons (Fsp3) is 0.533. The molecule has 1 aromatic carbocycles. The van der Waals surface area contributed by atoms with Gasteiger partial charge in [-0.2, -0.15) is 0 Å². The van der Waals surface area contributed by atoms with Crippen molar-refractivity contribution in [1.29, 1.82) is 0 Å². The molecule has 0 aliphatic heterocycles. The van der Waals surface area contributed by atoms with Crippen LogP contribution in [-0.2, 0) is 4.79 Å². The molecule has 3 N–H and O–H groups in total. The van der Waals surface area contributed by atoms with Crippen molar-refractivity contribution in [2.75, 3.05) is 6.26 Å². The molecule has 3 nitrogen and oxygen atoms in total. The lowest BCUT2D eigenvalue weighted by Crippen LogP contribution is -2.52. The maximum atomic E-state index is 12.1. The third-order valence-electron chi connectivity index (χ3n) is 3.25. The number of benzene rings is 1. The Labute approximate surface area is 120 Å². The van der Waals surface area contributed by atoms with Crippen LogP contribution in [0.15, 0.2) is 29.2 Å². The van der Waals surface area contributed by atoms with Crippen molar-refractivity contribution in [2.24, 2.45) is 5.73 Å². The zero-order chi connectivity index (χ0) is 14.5. The van der Waals surface area contributed by atoms with Gasteiger partial charge in [0.15, 0.2) is 0 Å². The normalized spacial score (nSPS) is 15.6. The molecule has 0 saturated carbocycles. The third kappa shape index (κ3) is 4.55. The highest BCUT2D eigenvalue weighted by Gasteiger charge is 2.28. The first-order valence-corrected chi connectivity index (χ1v) is 7.87. The molecule has 106 valence electrons. The maximum absolute atomic E-state index is 12.1. The topological polar surface area (TPSA) is 55.1 Å². The Kier molecular flexibility index (Phi) is 5.88. The van der Waals surface area contributed by atoms with Crippen molar-refractivity contribution in [3.05, 3.63) is 29.8 Å². The lowest BCUT2D eigenvalue weighted by molar-refractivity contribution is -0.126. The quantitative estimate of drug-likeness (QED) is 0.787. The second-order valence-electron chi connectivity index (χ2n) is 5.14. The zero-order valence-electron chi connectivity index (χ0n) is 12.2. The lowest BCUT2D eigenvalue weighted by atomic mass is 9.95. The number of carbonyl (C=O) groups is 1. The second-order valence-corrected chi connectivity index (χ2v) is 6.02. The summed E-state index contributed by atoms with van der Waals surface area (Å²) in [4.78, 5) is 13.3. The van der Waals surface area contributed by atoms with Crippen molar-refractivity contribution in [3.8, 4) is 0 Å². The zero-order valence-corrected chi connectivity index (χ0v) is 13.0. The predicted molar refractivity (Wildman–Crippen MR) is 82.3 cm³/mol. The van der Waals surface area contributed by atoms with E-state index in [1.54, 1.807) is 18.7 Å². The Morgan fingerprint density at radius 1 is 1.42 bits per heavy atom. The van der Waals surface area contributed by atoms with Crippen LogP contribution in [0, 0.1) is 0 Å². The molecule has 0 aliphatic carbocycles. The molecular weight excluding hydrogens is 256 g/mol. The summed E-state index contributed by atoms with van der Waals surface area (Å²) in [6, 6.07) is 8.20. The molecule has 19 heavy (non-hydrogen) atoms. The minimum absolute atomic E-state index is 0.0249. The van der Waals surface area contributed by atoms with Crippen molar-refractivity contribution < 1.29 is 4.79 Å². The predicted octanol–water partition coefficient (Wildman–Crippen LogP) is 3.10. The van der Waals surface area contributed by atoms with Gasteiger partial charge in [0.05, 0.1) is 11.6 Å². The number of nitrogens with one attached hydrogen (secondary N) is 1. The summed E-state index contributed by atoms with van der Waals surface area (Å²) in [7, 11) is 0. The molecule has 4 heteroatoms. The van der Waals surface area contributed by atoms with E-state index in [4.69, 9.17) is 5.73 Å². The fourth-order valence-electron chi connectivity index (χ4n) is 1.97. The first-order chi connectivity index (χ1) is 8.90. The number of hydrogen-bond donors (Lipinski definition) is 2. The van der Waals surface area contributed by atoms with Crippen LogP contribution < -0.4 is 11.1 Å². The minimum atomic E-state index is -0.789. The SMILES string of the molecule is CCCC(C)(N)C(=O)NC(C)c1ccc(SC)cc1. The molecule has 0 radical (unpaired) electrons. The average Bonchev–Trinajstić information content (AvgIpc) is 2.38. The highest BCUT2D eigenvalue weighted by Crippen LogP contribution is 2.19. The molecule has 1 rings (SSSR count). The third-order valence-corrected chi connectivity index (χ3v) is 4.00. The number of amides is 1. The average molecular weight is 280 g/mol. The standard InChI is InChI=1S/C15H24N2OS/c1-5-10-15(3,16)14(18)17-11(2)12-6-8-13(19-4)9-7-12/h6-9,11H,5,10,16H2,1-4H3,(H,17,18). The van der Waals surface area contributed by atoms with E-state index in [2.05, 4.69) is 17.4 Å². The van der Waals surface area contributed by atoms with Crippen LogP contribution in [0.5, 0.6) is 0 Å². The van der Waals surface area contributed by atoms with Crippen LogP contribution in [0.3, 0.4) is 0 Å². The molecule has 0 heterocycles. The van der Waals surface area contributed by atoms with Crippen molar-refractivity contribution in [3.63, 3.8) is 0 Å². The van der Waals surface area contributed by atoms with Gasteiger partial charge in [-0.1, -0.05) is 25.5 Å². The van der Waals surface area contributed by atoms with E-state index in [1.165, 1.54) is 4.90 Å². The van der Waals surface area contributed by atoms with Gasteiger partial charge in [-0.05, 0) is 44.2 Å². The number of thioether (sulfide) groups is 1. The molecule has 0 fully saturated rings. The molecule has 1 aromatic rings. The molecule has 0 spiro atoms. The molecular formula is C15H24N2OS. The number of carbonyl (C=O) groups excluding carboxylic acids is 1. The summed E-state index contributed by atoms with van der Waals surface area (Å²) in [5.74, 6) is -0.0872. The summed E-state index contributed by atoms with van der Waals surface area (Å²) >= 11 is 1.71. The van der Waals surface area contributed by atoms with Gasteiger partial charge in [0.2, 0.25) is 5.91 Å². The fourth-order valence-corrected chi connectivity index (χ4v) is 2.38. The smallest absolute Gasteiger partial charge is 0.240 e. The van der Waals surface area contributed by atoms with E-state index in [1.807, 2.05) is 32.2 Å². The van der Waals surface area contributed by atoms with Gasteiger partial charge in [0, 0.05) is 4.90 Å². The number of rotatable bonds is 6. The summed E-state index contributed by atoms with van der Waals surface area (Å²) in [6.07, 6.45) is 3.64. The van der Waals surface area contributed by atoms with Crippen molar-refractivity contribution >= 4 is 17.7 Å². The lowest BCUT2D eigenvalue weighted by Gasteiger charge is -2.25. The van der Waals surface area contributed by atoms with E-state index in [9.17, 15) is 4.79 Å². The molecule has 0 aliphatic rings. The van der Waals surface area contributed by atoms with Gasteiger partial charge in [-0.25, -0.2) is 0 Å².